The molecule has 1 aliphatic heterocycles. The van der Waals surface area contributed by atoms with Crippen LogP contribution in [0.15, 0.2) is 11.0 Å². The van der Waals surface area contributed by atoms with E-state index in [9.17, 15) is 14.7 Å². The molecule has 2 saturated carbocycles. The number of carboxylic acid groups (broad SMARTS) is 1. The topological polar surface area (TPSA) is 88.6 Å². The Bertz CT molecular complexity index is 1110. The summed E-state index contributed by atoms with van der Waals surface area (Å²) in [6.45, 7) is 2.87. The van der Waals surface area contributed by atoms with Gasteiger partial charge in [-0.25, -0.2) is 9.18 Å². The number of carbonyl (C=O) groups is 1. The second-order valence-electron chi connectivity index (χ2n) is 8.70. The number of halogens is 2. The number of aromatic carboxylic acids is 1. The van der Waals surface area contributed by atoms with Gasteiger partial charge in [0.15, 0.2) is 5.82 Å². The lowest BCUT2D eigenvalue weighted by molar-refractivity contribution is 0.0695. The summed E-state index contributed by atoms with van der Waals surface area (Å²) in [5, 5.41) is 9.72. The van der Waals surface area contributed by atoms with Gasteiger partial charge in [0.25, 0.3) is 0 Å². The van der Waals surface area contributed by atoms with Crippen LogP contribution in [-0.2, 0) is 0 Å². The summed E-state index contributed by atoms with van der Waals surface area (Å²) in [6.07, 6.45) is 5.08. The molecule has 1 aromatic heterocycles. The van der Waals surface area contributed by atoms with Crippen LogP contribution < -0.4 is 16.1 Å². The van der Waals surface area contributed by atoms with E-state index < -0.39 is 17.2 Å². The number of hydrogen-bond donors (Lipinski definition) is 2. The minimum Gasteiger partial charge on any atom is -0.477 e. The number of nitrogens with zero attached hydrogens (tertiary/aromatic N) is 2. The van der Waals surface area contributed by atoms with Crippen molar-refractivity contribution in [3.8, 4) is 0 Å². The Hall–Kier alpha value is -2.12. The number of nitrogens with two attached hydrogens (primary N) is 1. The number of benzene rings is 1. The van der Waals surface area contributed by atoms with Crippen molar-refractivity contribution in [1.82, 2.24) is 4.57 Å². The summed E-state index contributed by atoms with van der Waals surface area (Å²) < 4.78 is 17.3. The molecule has 1 aromatic carbocycles. The summed E-state index contributed by atoms with van der Waals surface area (Å²) >= 11 is 6.75. The van der Waals surface area contributed by atoms with E-state index in [4.69, 9.17) is 17.3 Å². The van der Waals surface area contributed by atoms with Crippen LogP contribution in [0, 0.1) is 24.6 Å². The Kier molecular flexibility index (Phi) is 4.19. The van der Waals surface area contributed by atoms with Crippen molar-refractivity contribution in [3.05, 3.63) is 38.4 Å². The molecule has 8 heteroatoms. The molecule has 2 aliphatic carbocycles. The highest BCUT2D eigenvalue weighted by atomic mass is 35.5. The molecule has 2 aromatic rings. The first-order chi connectivity index (χ1) is 13.8. The molecule has 0 unspecified atom stereocenters. The number of carboxylic acids is 1. The lowest BCUT2D eigenvalue weighted by Gasteiger charge is -2.50. The highest BCUT2D eigenvalue weighted by Crippen LogP contribution is 2.46. The Morgan fingerprint density at radius 2 is 2.07 bits per heavy atom. The van der Waals surface area contributed by atoms with E-state index in [1.54, 1.807) is 4.57 Å². The molecule has 29 heavy (non-hydrogen) atoms. The van der Waals surface area contributed by atoms with E-state index in [-0.39, 0.29) is 33.6 Å². The number of rotatable bonds is 3. The molecule has 0 amide bonds. The van der Waals surface area contributed by atoms with Crippen LogP contribution in [0.2, 0.25) is 5.02 Å². The SMILES string of the molecule is Cc1c(F)c(N2CC[C@H]3C[C@@H](N)[C@H]3C2)c(Cl)c2c1c(=O)c(C(=O)O)cn2C1CC1. The van der Waals surface area contributed by atoms with E-state index in [1.165, 1.54) is 13.1 Å². The number of fused-ring (bicyclic) bond motifs is 2. The van der Waals surface area contributed by atoms with Crippen LogP contribution in [-0.4, -0.2) is 34.8 Å². The lowest BCUT2D eigenvalue weighted by atomic mass is 9.66. The van der Waals surface area contributed by atoms with Crippen LogP contribution >= 0.6 is 11.6 Å². The zero-order chi connectivity index (χ0) is 20.6. The molecular formula is C21H23ClFN3O3. The smallest absolute Gasteiger partial charge is 0.341 e. The van der Waals surface area contributed by atoms with E-state index in [1.807, 2.05) is 4.90 Å². The van der Waals surface area contributed by atoms with Gasteiger partial charge in [0.2, 0.25) is 5.43 Å². The van der Waals surface area contributed by atoms with E-state index in [0.29, 0.717) is 36.1 Å². The van der Waals surface area contributed by atoms with Gasteiger partial charge < -0.3 is 20.3 Å². The molecule has 1 saturated heterocycles. The Morgan fingerprint density at radius 1 is 1.34 bits per heavy atom. The molecule has 0 radical (unpaired) electrons. The summed E-state index contributed by atoms with van der Waals surface area (Å²) in [5.41, 5.74) is 6.02. The van der Waals surface area contributed by atoms with Crippen molar-refractivity contribution in [2.45, 2.75) is 44.7 Å². The number of piperidine rings is 1. The number of aromatic nitrogens is 1. The number of pyridine rings is 1. The first kappa shape index (κ1) is 18.9. The predicted octanol–water partition coefficient (Wildman–Crippen LogP) is 3.31. The number of aryl methyl sites for hydroxylation is 1. The second kappa shape index (κ2) is 6.44. The fraction of sp³-hybridized carbons (Fsp3) is 0.524. The van der Waals surface area contributed by atoms with Gasteiger partial charge in [0, 0.05) is 36.9 Å². The Morgan fingerprint density at radius 3 is 2.69 bits per heavy atom. The second-order valence-corrected chi connectivity index (χ2v) is 9.08. The van der Waals surface area contributed by atoms with Crippen LogP contribution in [0.4, 0.5) is 10.1 Å². The summed E-state index contributed by atoms with van der Waals surface area (Å²) in [4.78, 5) is 26.4. The van der Waals surface area contributed by atoms with E-state index in [0.717, 1.165) is 25.7 Å². The maximum Gasteiger partial charge on any atom is 0.341 e. The Labute approximate surface area is 172 Å². The number of anilines is 1. The zero-order valence-corrected chi connectivity index (χ0v) is 16.9. The largest absolute Gasteiger partial charge is 0.477 e. The highest BCUT2D eigenvalue weighted by Gasteiger charge is 2.43. The molecule has 5 rings (SSSR count). The number of hydrogen-bond acceptors (Lipinski definition) is 4. The van der Waals surface area contributed by atoms with Crippen molar-refractivity contribution in [1.29, 1.82) is 0 Å². The third-order valence-corrected chi connectivity index (χ3v) is 7.34. The molecule has 3 N–H and O–H groups in total. The first-order valence-electron chi connectivity index (χ1n) is 10.1. The van der Waals surface area contributed by atoms with Crippen molar-refractivity contribution < 1.29 is 14.3 Å². The summed E-state index contributed by atoms with van der Waals surface area (Å²) in [7, 11) is 0. The zero-order valence-electron chi connectivity index (χ0n) is 16.1. The maximum atomic E-state index is 15.5. The normalized spacial score (nSPS) is 26.3. The monoisotopic (exact) mass is 419 g/mol. The van der Waals surface area contributed by atoms with Gasteiger partial charge in [0.05, 0.1) is 21.6 Å². The molecule has 2 heterocycles. The van der Waals surface area contributed by atoms with Crippen LogP contribution in [0.1, 0.15) is 47.6 Å². The van der Waals surface area contributed by atoms with Gasteiger partial charge in [-0.2, -0.15) is 0 Å². The minimum absolute atomic E-state index is 0.0679. The van der Waals surface area contributed by atoms with Gasteiger partial charge in [-0.05, 0) is 44.4 Å². The summed E-state index contributed by atoms with van der Waals surface area (Å²) in [6, 6.07) is 0.214. The summed E-state index contributed by atoms with van der Waals surface area (Å²) in [5.74, 6) is -0.939. The highest BCUT2D eigenvalue weighted by molar-refractivity contribution is 6.38. The van der Waals surface area contributed by atoms with Crippen LogP contribution in [0.3, 0.4) is 0 Å². The molecule has 6 nitrogen and oxygen atoms in total. The average molecular weight is 420 g/mol. The lowest BCUT2D eigenvalue weighted by Crippen LogP contribution is -2.57. The standard InChI is InChI=1S/C21H23ClFN3O3/c1-9-15-18(26(11-2-3-11)8-13(20(15)27)21(28)29)16(22)19(17(9)23)25-5-4-10-6-14(24)12(10)7-25/h8,10-12,14H,2-7,24H2,1H3,(H,28,29)/t10-,12-,14+/m0/s1. The van der Waals surface area contributed by atoms with Gasteiger partial charge in [0.1, 0.15) is 5.56 Å². The quantitative estimate of drug-likeness (QED) is 0.796. The molecule has 3 atom stereocenters. The minimum atomic E-state index is -1.31. The van der Waals surface area contributed by atoms with Crippen molar-refractivity contribution in [3.63, 3.8) is 0 Å². The van der Waals surface area contributed by atoms with Crippen LogP contribution in [0.25, 0.3) is 10.9 Å². The average Bonchev–Trinajstić information content (AvgIpc) is 3.51. The van der Waals surface area contributed by atoms with Crippen molar-refractivity contribution in [2.75, 3.05) is 18.0 Å². The van der Waals surface area contributed by atoms with E-state index in [2.05, 4.69) is 0 Å². The van der Waals surface area contributed by atoms with Gasteiger partial charge in [-0.15, -0.1) is 0 Å². The first-order valence-corrected chi connectivity index (χ1v) is 10.5. The van der Waals surface area contributed by atoms with Gasteiger partial charge in [-0.1, -0.05) is 11.6 Å². The molecule has 3 fully saturated rings. The van der Waals surface area contributed by atoms with Gasteiger partial charge >= 0.3 is 5.97 Å². The third-order valence-electron chi connectivity index (χ3n) is 6.98. The van der Waals surface area contributed by atoms with Crippen molar-refractivity contribution >= 4 is 34.2 Å². The fourth-order valence-corrected chi connectivity index (χ4v) is 5.51. The van der Waals surface area contributed by atoms with Gasteiger partial charge in [-0.3, -0.25) is 4.79 Å². The maximum absolute atomic E-state index is 15.5. The predicted molar refractivity (Wildman–Crippen MR) is 110 cm³/mol. The van der Waals surface area contributed by atoms with Crippen LogP contribution in [0.5, 0.6) is 0 Å². The molecule has 3 aliphatic rings. The fourth-order valence-electron chi connectivity index (χ4n) is 5.11. The molecule has 154 valence electrons. The van der Waals surface area contributed by atoms with E-state index >= 15 is 4.39 Å². The molecular weight excluding hydrogens is 397 g/mol. The third kappa shape index (κ3) is 2.70. The molecule has 0 bridgehead atoms. The van der Waals surface area contributed by atoms with Crippen molar-refractivity contribution in [2.24, 2.45) is 17.6 Å². The molecule has 0 spiro atoms. The Balaban J connectivity index is 1.75.